The topological polar surface area (TPSA) is 12.4 Å². The molecule has 0 unspecified atom stereocenters. The molecular formula is C18H23N. The van der Waals surface area contributed by atoms with Gasteiger partial charge in [-0.15, -0.1) is 0 Å². The lowest BCUT2D eigenvalue weighted by molar-refractivity contribution is 0.519. The number of hydrogen-bond donors (Lipinski definition) is 0. The maximum Gasteiger partial charge on any atom is 0.0720 e. The molecule has 0 atom stereocenters. The smallest absolute Gasteiger partial charge is 0.0720 e. The lowest BCUT2D eigenvalue weighted by Gasteiger charge is -2.26. The molecule has 0 radical (unpaired) electrons. The summed E-state index contributed by atoms with van der Waals surface area (Å²) in [5.74, 6) is 0. The van der Waals surface area contributed by atoms with Crippen LogP contribution in [-0.4, -0.2) is 5.71 Å². The second-order valence-electron chi connectivity index (χ2n) is 7.51. The Bertz CT molecular complexity index is 595. The molecule has 1 heteroatoms. The van der Waals surface area contributed by atoms with Gasteiger partial charge in [0.1, 0.15) is 0 Å². The third-order valence-corrected chi connectivity index (χ3v) is 4.57. The zero-order chi connectivity index (χ0) is 13.8. The summed E-state index contributed by atoms with van der Waals surface area (Å²) >= 11 is 0. The third-order valence-electron chi connectivity index (χ3n) is 4.57. The number of benzene rings is 1. The Kier molecular flexibility index (Phi) is 2.54. The molecule has 1 aliphatic heterocycles. The zero-order valence-electron chi connectivity index (χ0n) is 12.7. The average molecular weight is 253 g/mol. The van der Waals surface area contributed by atoms with Gasteiger partial charge < -0.3 is 0 Å². The number of aliphatic imine (C=N–C) groups is 1. The molecule has 0 spiro atoms. The highest BCUT2D eigenvalue weighted by Crippen LogP contribution is 2.42. The molecule has 19 heavy (non-hydrogen) atoms. The first-order valence-electron chi connectivity index (χ1n) is 7.22. The molecule has 0 saturated heterocycles. The van der Waals surface area contributed by atoms with Crippen LogP contribution in [0.1, 0.15) is 63.3 Å². The van der Waals surface area contributed by atoms with Crippen LogP contribution in [0.2, 0.25) is 0 Å². The normalized spacial score (nSPS) is 19.9. The van der Waals surface area contributed by atoms with Gasteiger partial charge in [-0.3, -0.25) is 4.99 Å². The number of allylic oxidation sites excluding steroid dienone is 1. The lowest BCUT2D eigenvalue weighted by atomic mass is 9.79. The molecular weight excluding hydrogens is 230 g/mol. The lowest BCUT2D eigenvalue weighted by Crippen LogP contribution is -2.18. The highest BCUT2D eigenvalue weighted by Gasteiger charge is 2.33. The predicted molar refractivity (Wildman–Crippen MR) is 82.2 cm³/mol. The zero-order valence-corrected chi connectivity index (χ0v) is 12.7. The van der Waals surface area contributed by atoms with Gasteiger partial charge in [-0.25, -0.2) is 0 Å². The Labute approximate surface area is 116 Å². The maximum atomic E-state index is 4.42. The Morgan fingerprint density at radius 1 is 1.16 bits per heavy atom. The van der Waals surface area contributed by atoms with Crippen molar-refractivity contribution in [3.63, 3.8) is 0 Å². The Morgan fingerprint density at radius 2 is 1.84 bits per heavy atom. The van der Waals surface area contributed by atoms with Gasteiger partial charge in [0, 0.05) is 11.8 Å². The molecule has 100 valence electrons. The van der Waals surface area contributed by atoms with Gasteiger partial charge in [0.05, 0.1) is 5.71 Å². The van der Waals surface area contributed by atoms with E-state index in [9.17, 15) is 0 Å². The molecule has 0 N–H and O–H groups in total. The predicted octanol–water partition coefficient (Wildman–Crippen LogP) is 4.52. The van der Waals surface area contributed by atoms with Crippen LogP contribution in [0.5, 0.6) is 0 Å². The number of rotatable bonds is 1. The van der Waals surface area contributed by atoms with Crippen LogP contribution in [0.3, 0.4) is 0 Å². The minimum Gasteiger partial charge on any atom is -0.256 e. The van der Waals surface area contributed by atoms with Gasteiger partial charge in [0.2, 0.25) is 0 Å². The summed E-state index contributed by atoms with van der Waals surface area (Å²) in [7, 11) is 0. The molecule has 1 nitrogen and oxygen atoms in total. The van der Waals surface area contributed by atoms with E-state index in [2.05, 4.69) is 57.8 Å². The standard InChI is InChI=1S/C18H23N/c1-17(2,3)12-10-14(16-7-9-19-16)13-6-8-18(4,5)15(13)11-12/h7,9-11H,6,8H2,1-5H3. The van der Waals surface area contributed by atoms with E-state index in [1.807, 2.05) is 6.20 Å². The summed E-state index contributed by atoms with van der Waals surface area (Å²) in [6.07, 6.45) is 6.47. The van der Waals surface area contributed by atoms with Gasteiger partial charge in [-0.1, -0.05) is 40.7 Å². The largest absolute Gasteiger partial charge is 0.256 e. The first-order valence-corrected chi connectivity index (χ1v) is 7.22. The fourth-order valence-electron chi connectivity index (χ4n) is 3.09. The van der Waals surface area contributed by atoms with Crippen molar-refractivity contribution in [2.45, 2.75) is 58.3 Å². The van der Waals surface area contributed by atoms with Crippen molar-refractivity contribution in [1.82, 2.24) is 0 Å². The molecule has 1 aromatic carbocycles. The van der Waals surface area contributed by atoms with Gasteiger partial charge in [0.25, 0.3) is 0 Å². The summed E-state index contributed by atoms with van der Waals surface area (Å²) in [6.45, 7) is 11.6. The van der Waals surface area contributed by atoms with E-state index in [1.165, 1.54) is 40.8 Å². The highest BCUT2D eigenvalue weighted by molar-refractivity contribution is 6.13. The summed E-state index contributed by atoms with van der Waals surface area (Å²) in [5, 5.41) is 0. The Balaban J connectivity index is 2.23. The van der Waals surface area contributed by atoms with Gasteiger partial charge >= 0.3 is 0 Å². The second-order valence-corrected chi connectivity index (χ2v) is 7.51. The molecule has 2 aliphatic rings. The van der Waals surface area contributed by atoms with Crippen molar-refractivity contribution in [2.75, 3.05) is 0 Å². The summed E-state index contributed by atoms with van der Waals surface area (Å²) in [6, 6.07) is 4.80. The van der Waals surface area contributed by atoms with Gasteiger partial charge in [-0.05, 0) is 52.5 Å². The van der Waals surface area contributed by atoms with Crippen LogP contribution in [0.25, 0.3) is 0 Å². The Morgan fingerprint density at radius 3 is 2.37 bits per heavy atom. The van der Waals surface area contributed by atoms with E-state index in [0.29, 0.717) is 5.41 Å². The molecule has 3 rings (SSSR count). The van der Waals surface area contributed by atoms with E-state index >= 15 is 0 Å². The fourth-order valence-corrected chi connectivity index (χ4v) is 3.09. The van der Waals surface area contributed by atoms with Crippen LogP contribution in [0.15, 0.2) is 29.4 Å². The molecule has 0 fully saturated rings. The van der Waals surface area contributed by atoms with E-state index in [0.717, 1.165) is 0 Å². The van der Waals surface area contributed by atoms with E-state index in [1.54, 1.807) is 0 Å². The first kappa shape index (κ1) is 12.7. The third kappa shape index (κ3) is 1.96. The maximum absolute atomic E-state index is 4.42. The second kappa shape index (κ2) is 3.82. The van der Waals surface area contributed by atoms with Crippen molar-refractivity contribution in [3.05, 3.63) is 46.7 Å². The molecule has 0 saturated carbocycles. The summed E-state index contributed by atoms with van der Waals surface area (Å²) < 4.78 is 0. The summed E-state index contributed by atoms with van der Waals surface area (Å²) in [4.78, 5) is 4.42. The van der Waals surface area contributed by atoms with Crippen molar-refractivity contribution >= 4 is 5.71 Å². The first-order chi connectivity index (χ1) is 8.79. The van der Waals surface area contributed by atoms with Crippen molar-refractivity contribution in [3.8, 4) is 0 Å². The minimum absolute atomic E-state index is 0.191. The van der Waals surface area contributed by atoms with Crippen LogP contribution in [-0.2, 0) is 17.3 Å². The van der Waals surface area contributed by atoms with E-state index in [-0.39, 0.29) is 5.41 Å². The molecule has 0 bridgehead atoms. The van der Waals surface area contributed by atoms with Gasteiger partial charge in [0.15, 0.2) is 0 Å². The summed E-state index contributed by atoms with van der Waals surface area (Å²) in [5.41, 5.74) is 7.53. The highest BCUT2D eigenvalue weighted by atomic mass is 14.8. The SMILES string of the molecule is CC(C)(C)c1cc(C2=NC=C2)c2c(c1)C(C)(C)CC2. The van der Waals surface area contributed by atoms with Crippen LogP contribution >= 0.6 is 0 Å². The van der Waals surface area contributed by atoms with Crippen LogP contribution in [0.4, 0.5) is 0 Å². The number of hydrogen-bond acceptors (Lipinski definition) is 1. The number of nitrogens with zero attached hydrogens (tertiary/aromatic N) is 1. The monoisotopic (exact) mass is 253 g/mol. The van der Waals surface area contributed by atoms with E-state index < -0.39 is 0 Å². The molecule has 1 heterocycles. The minimum atomic E-state index is 0.191. The van der Waals surface area contributed by atoms with Gasteiger partial charge in [-0.2, -0.15) is 0 Å². The van der Waals surface area contributed by atoms with Crippen LogP contribution < -0.4 is 0 Å². The Hall–Kier alpha value is -1.37. The van der Waals surface area contributed by atoms with Crippen LogP contribution in [0, 0.1) is 0 Å². The van der Waals surface area contributed by atoms with Crippen molar-refractivity contribution in [1.29, 1.82) is 0 Å². The van der Waals surface area contributed by atoms with E-state index in [4.69, 9.17) is 0 Å². The fraction of sp³-hybridized carbons (Fsp3) is 0.500. The quantitative estimate of drug-likeness (QED) is 0.697. The average Bonchev–Trinajstić information content (AvgIpc) is 2.51. The molecule has 1 aromatic rings. The van der Waals surface area contributed by atoms with Crippen molar-refractivity contribution < 1.29 is 0 Å². The number of fused-ring (bicyclic) bond motifs is 1. The molecule has 0 aromatic heterocycles. The van der Waals surface area contributed by atoms with Crippen molar-refractivity contribution in [2.24, 2.45) is 4.99 Å². The molecule has 0 amide bonds. The molecule has 1 aliphatic carbocycles.